The van der Waals surface area contributed by atoms with Gasteiger partial charge in [-0.25, -0.2) is 0 Å². The number of aliphatic hydroxyl groups is 11. The van der Waals surface area contributed by atoms with Gasteiger partial charge in [0.1, 0.15) is 73.2 Å². The molecule has 0 spiro atoms. The minimum atomic E-state index is -1.98. The molecule has 0 radical (unpaired) electrons. The van der Waals surface area contributed by atoms with Gasteiger partial charge in [0.15, 0.2) is 18.9 Å². The van der Waals surface area contributed by atoms with Crippen LogP contribution in [0.3, 0.4) is 0 Å². The van der Waals surface area contributed by atoms with Crippen LogP contribution in [0, 0.1) is 0 Å². The van der Waals surface area contributed by atoms with E-state index in [2.05, 4.69) is 55.6 Å². The Morgan fingerprint density at radius 3 is 1.64 bits per heavy atom. The molecule has 3 rings (SSSR count). The molecule has 0 aromatic heterocycles. The molecule has 3 saturated heterocycles. The zero-order chi connectivity index (χ0) is 48.4. The van der Waals surface area contributed by atoms with Crippen LogP contribution < -0.4 is 5.32 Å². The van der Waals surface area contributed by atoms with Gasteiger partial charge in [-0.2, -0.15) is 0 Å². The number of aliphatic hydroxyl groups excluding tert-OH is 11. The van der Waals surface area contributed by atoms with E-state index >= 15 is 0 Å². The summed E-state index contributed by atoms with van der Waals surface area (Å²) in [6, 6.07) is -0.984. The third-order valence-corrected chi connectivity index (χ3v) is 11.9. The molecule has 0 aromatic carbocycles. The molecule has 3 aliphatic rings. The molecule has 12 N–H and O–H groups in total. The zero-order valence-electron chi connectivity index (χ0n) is 38.6. The molecule has 3 heterocycles. The van der Waals surface area contributed by atoms with Crippen molar-refractivity contribution in [3.63, 3.8) is 0 Å². The lowest BCUT2D eigenvalue weighted by Crippen LogP contribution is -2.66. The van der Waals surface area contributed by atoms with Gasteiger partial charge in [0.05, 0.1) is 38.6 Å². The highest BCUT2D eigenvalue weighted by molar-refractivity contribution is 5.76. The van der Waals surface area contributed by atoms with Crippen LogP contribution in [0.5, 0.6) is 0 Å². The summed E-state index contributed by atoms with van der Waals surface area (Å²) in [7, 11) is 0. The van der Waals surface area contributed by atoms with Crippen molar-refractivity contribution in [3.8, 4) is 0 Å². The van der Waals surface area contributed by atoms with Crippen LogP contribution in [0.2, 0.25) is 0 Å². The topological polar surface area (TPSA) is 307 Å². The predicted octanol–water partition coefficient (Wildman–Crippen LogP) is 0.413. The second kappa shape index (κ2) is 32.5. The van der Waals surface area contributed by atoms with E-state index < -0.39 is 124 Å². The van der Waals surface area contributed by atoms with Crippen LogP contribution in [0.25, 0.3) is 0 Å². The molecule has 0 aromatic rings. The first kappa shape index (κ1) is 58.1. The van der Waals surface area contributed by atoms with Crippen LogP contribution in [-0.4, -0.2) is 193 Å². The van der Waals surface area contributed by atoms with Crippen molar-refractivity contribution in [2.45, 2.75) is 214 Å². The maximum atomic E-state index is 13.1. The maximum absolute atomic E-state index is 13.1. The molecule has 382 valence electrons. The standard InChI is InChI=1S/C47H81NO18/c1-3-5-7-9-11-13-14-15-16-17-19-21-23-25-35(53)48-30(31(52)24-22-20-18-12-10-8-6-4-2)29-61-45-41(59)38(56)43(33(27-50)63-45)66-47-42(60)39(57)44(34(28-51)64-47)65-46-40(58)37(55)36(54)32(26-49)62-46/h5,7,11,13,15-16,22,24,30-34,36-47,49-52,54-60H,3-4,6,8-10,12,14,17-21,23,25-29H2,1-2H3,(H,48,53)/b7-5-,13-11-,16-15-,24-22+. The Bertz CT molecular complexity index is 1410. The van der Waals surface area contributed by atoms with E-state index in [0.29, 0.717) is 6.42 Å². The third kappa shape index (κ3) is 18.9. The van der Waals surface area contributed by atoms with Gasteiger partial charge >= 0.3 is 0 Å². The molecule has 3 aliphatic heterocycles. The summed E-state index contributed by atoms with van der Waals surface area (Å²) in [6.07, 6.45) is 2.99. The molecule has 66 heavy (non-hydrogen) atoms. The summed E-state index contributed by atoms with van der Waals surface area (Å²) in [5.74, 6) is -0.313. The smallest absolute Gasteiger partial charge is 0.220 e. The lowest BCUT2D eigenvalue weighted by atomic mass is 9.96. The Labute approximate surface area is 389 Å². The summed E-state index contributed by atoms with van der Waals surface area (Å²) < 4.78 is 34.0. The minimum absolute atomic E-state index is 0.205. The highest BCUT2D eigenvalue weighted by Gasteiger charge is 2.53. The molecule has 0 bridgehead atoms. The number of rotatable bonds is 31. The Balaban J connectivity index is 1.59. The van der Waals surface area contributed by atoms with Crippen LogP contribution in [0.1, 0.15) is 110 Å². The average molecular weight is 948 g/mol. The minimum Gasteiger partial charge on any atom is -0.394 e. The Morgan fingerprint density at radius 1 is 0.561 bits per heavy atom. The number of amides is 1. The molecule has 0 aliphatic carbocycles. The van der Waals surface area contributed by atoms with Crippen LogP contribution >= 0.6 is 0 Å². The van der Waals surface area contributed by atoms with Gasteiger partial charge in [-0.1, -0.05) is 101 Å². The Morgan fingerprint density at radius 2 is 1.05 bits per heavy atom. The number of hydrogen-bond acceptors (Lipinski definition) is 18. The van der Waals surface area contributed by atoms with E-state index in [1.807, 2.05) is 6.08 Å². The summed E-state index contributed by atoms with van der Waals surface area (Å²) in [5.41, 5.74) is 0. The number of ether oxygens (including phenoxy) is 6. The van der Waals surface area contributed by atoms with E-state index in [-0.39, 0.29) is 18.9 Å². The van der Waals surface area contributed by atoms with Crippen LogP contribution in [-0.2, 0) is 33.2 Å². The first-order valence-electron chi connectivity index (χ1n) is 23.9. The molecule has 17 unspecified atom stereocenters. The predicted molar refractivity (Wildman–Crippen MR) is 240 cm³/mol. The van der Waals surface area contributed by atoms with Crippen molar-refractivity contribution < 1.29 is 89.4 Å². The van der Waals surface area contributed by atoms with Crippen LogP contribution in [0.15, 0.2) is 48.6 Å². The lowest BCUT2D eigenvalue weighted by molar-refractivity contribution is -0.379. The Hall–Kier alpha value is -2.25. The molecule has 17 atom stereocenters. The summed E-state index contributed by atoms with van der Waals surface area (Å²) in [6.45, 7) is 1.46. The van der Waals surface area contributed by atoms with E-state index in [1.165, 1.54) is 12.8 Å². The van der Waals surface area contributed by atoms with Crippen molar-refractivity contribution in [2.24, 2.45) is 0 Å². The monoisotopic (exact) mass is 948 g/mol. The fourth-order valence-corrected chi connectivity index (χ4v) is 7.85. The SMILES string of the molecule is CC/C=C\C/C=C\C/C=C\CCCCCC(=O)NC(COC1OC(CO)C(OC2OC(CO)C(OC3OC(CO)C(O)C(O)C3O)C(O)C2O)C(O)C1O)C(O)/C=C/CCCCCCCC. The van der Waals surface area contributed by atoms with Gasteiger partial charge in [-0.05, 0) is 51.4 Å². The van der Waals surface area contributed by atoms with Gasteiger partial charge in [-0.3, -0.25) is 4.79 Å². The molecular formula is C47H81NO18. The summed E-state index contributed by atoms with van der Waals surface area (Å²) >= 11 is 0. The molecule has 0 saturated carbocycles. The van der Waals surface area contributed by atoms with E-state index in [0.717, 1.165) is 70.6 Å². The normalized spacial score (nSPS) is 34.2. The van der Waals surface area contributed by atoms with E-state index in [4.69, 9.17) is 28.4 Å². The van der Waals surface area contributed by atoms with Gasteiger partial charge < -0.3 is 89.9 Å². The average Bonchev–Trinajstić information content (AvgIpc) is 3.31. The van der Waals surface area contributed by atoms with Crippen molar-refractivity contribution in [1.29, 1.82) is 0 Å². The fraction of sp³-hybridized carbons (Fsp3) is 0.809. The van der Waals surface area contributed by atoms with Gasteiger partial charge in [0.25, 0.3) is 0 Å². The number of hydrogen-bond donors (Lipinski definition) is 12. The highest BCUT2D eigenvalue weighted by atomic mass is 16.8. The largest absolute Gasteiger partial charge is 0.394 e. The molecule has 1 amide bonds. The zero-order valence-corrected chi connectivity index (χ0v) is 38.6. The van der Waals surface area contributed by atoms with Crippen molar-refractivity contribution in [2.75, 3.05) is 26.4 Å². The van der Waals surface area contributed by atoms with Crippen molar-refractivity contribution in [1.82, 2.24) is 5.32 Å². The van der Waals surface area contributed by atoms with E-state index in [1.54, 1.807) is 6.08 Å². The highest BCUT2D eigenvalue weighted by Crippen LogP contribution is 2.33. The molecule has 3 fully saturated rings. The summed E-state index contributed by atoms with van der Waals surface area (Å²) in [5, 5.41) is 119. The number of carbonyl (C=O) groups is 1. The van der Waals surface area contributed by atoms with Crippen LogP contribution in [0.4, 0.5) is 0 Å². The van der Waals surface area contributed by atoms with Gasteiger partial charge in [0.2, 0.25) is 5.91 Å². The molecule has 19 heteroatoms. The third-order valence-electron chi connectivity index (χ3n) is 11.9. The number of unbranched alkanes of at least 4 members (excludes halogenated alkanes) is 9. The van der Waals surface area contributed by atoms with Gasteiger partial charge in [-0.15, -0.1) is 0 Å². The Kier molecular flexibility index (Phi) is 28.6. The lowest BCUT2D eigenvalue weighted by Gasteiger charge is -2.48. The number of carbonyl (C=O) groups excluding carboxylic acids is 1. The fourth-order valence-electron chi connectivity index (χ4n) is 7.85. The number of nitrogens with one attached hydrogen (secondary N) is 1. The molecule has 19 nitrogen and oxygen atoms in total. The first-order chi connectivity index (χ1) is 31.8. The van der Waals surface area contributed by atoms with E-state index in [9.17, 15) is 61.0 Å². The second-order valence-corrected chi connectivity index (χ2v) is 17.2. The number of allylic oxidation sites excluding steroid dienone is 7. The van der Waals surface area contributed by atoms with Gasteiger partial charge in [0, 0.05) is 6.42 Å². The van der Waals surface area contributed by atoms with Crippen molar-refractivity contribution in [3.05, 3.63) is 48.6 Å². The summed E-state index contributed by atoms with van der Waals surface area (Å²) in [4.78, 5) is 13.1. The van der Waals surface area contributed by atoms with Crippen molar-refractivity contribution >= 4 is 5.91 Å². The molecular weight excluding hydrogens is 867 g/mol. The maximum Gasteiger partial charge on any atom is 0.220 e. The quantitative estimate of drug-likeness (QED) is 0.0331. The first-order valence-corrected chi connectivity index (χ1v) is 23.9. The second-order valence-electron chi connectivity index (χ2n) is 17.2.